The molecule has 1 amide bonds. The predicted octanol–water partition coefficient (Wildman–Crippen LogP) is 5.88. The number of nitrogens with zero attached hydrogens (tertiary/aromatic N) is 5. The third kappa shape index (κ3) is 4.17. The Hall–Kier alpha value is -5.70. The van der Waals surface area contributed by atoms with Gasteiger partial charge in [0.25, 0.3) is 5.91 Å². The summed E-state index contributed by atoms with van der Waals surface area (Å²) < 4.78 is 0. The largest absolute Gasteiger partial charge is 0.336 e. The van der Waals surface area contributed by atoms with Crippen LogP contribution in [0.15, 0.2) is 104 Å². The first-order chi connectivity index (χ1) is 19.2. The van der Waals surface area contributed by atoms with Crippen molar-refractivity contribution in [1.82, 2.24) is 35.1 Å². The van der Waals surface area contributed by atoms with Gasteiger partial charge in [0.05, 0.1) is 34.1 Å². The Morgan fingerprint density at radius 3 is 2.49 bits per heavy atom. The van der Waals surface area contributed by atoms with E-state index < -0.39 is 0 Å². The van der Waals surface area contributed by atoms with Crippen LogP contribution in [-0.2, 0) is 0 Å². The number of carbonyl (C=O) groups excluding carboxylic acids is 1. The number of anilines is 1. The number of hydrogen-bond donors (Lipinski definition) is 3. The maximum absolute atomic E-state index is 12.6. The molecule has 0 saturated carbocycles. The van der Waals surface area contributed by atoms with Gasteiger partial charge in [-0.25, -0.2) is 9.97 Å². The van der Waals surface area contributed by atoms with Crippen LogP contribution in [0, 0.1) is 0 Å². The van der Waals surface area contributed by atoms with Gasteiger partial charge in [-0.05, 0) is 54.1 Å². The monoisotopic (exact) mass is 508 g/mol. The van der Waals surface area contributed by atoms with Crippen molar-refractivity contribution in [2.45, 2.75) is 0 Å². The number of nitrogens with one attached hydrogen (secondary N) is 3. The maximum Gasteiger partial charge on any atom is 0.255 e. The molecule has 9 nitrogen and oxygen atoms in total. The summed E-state index contributed by atoms with van der Waals surface area (Å²) in [6.45, 7) is 0. The second kappa shape index (κ2) is 9.31. The molecule has 0 bridgehead atoms. The summed E-state index contributed by atoms with van der Waals surface area (Å²) >= 11 is 0. The molecule has 0 unspecified atom stereocenters. The molecule has 9 heteroatoms. The number of imidazole rings is 1. The highest BCUT2D eigenvalue weighted by atomic mass is 16.1. The quantitative estimate of drug-likeness (QED) is 0.267. The number of aromatic nitrogens is 7. The summed E-state index contributed by atoms with van der Waals surface area (Å²) in [6, 6.07) is 24.7. The lowest BCUT2D eigenvalue weighted by Gasteiger charge is -2.07. The molecule has 0 atom stereocenters. The van der Waals surface area contributed by atoms with Crippen LogP contribution in [-0.4, -0.2) is 41.0 Å². The number of H-pyrrole nitrogens is 2. The summed E-state index contributed by atoms with van der Waals surface area (Å²) in [5.41, 5.74) is 8.47. The lowest BCUT2D eigenvalue weighted by molar-refractivity contribution is 0.102. The van der Waals surface area contributed by atoms with Crippen molar-refractivity contribution >= 4 is 33.7 Å². The first kappa shape index (κ1) is 22.5. The summed E-state index contributed by atoms with van der Waals surface area (Å²) in [7, 11) is 0. The van der Waals surface area contributed by atoms with Gasteiger partial charge >= 0.3 is 0 Å². The molecule has 186 valence electrons. The Balaban J connectivity index is 1.25. The van der Waals surface area contributed by atoms with Gasteiger partial charge in [-0.2, -0.15) is 5.10 Å². The van der Waals surface area contributed by atoms with E-state index in [2.05, 4.69) is 30.5 Å². The summed E-state index contributed by atoms with van der Waals surface area (Å²) in [6.07, 6.45) is 6.87. The standard InChI is InChI=1S/C30H20N8O/c39-30(19-5-2-1-3-6-19)33-21-15-20(16-32-17-21)23-9-10-25-27(34-23)28(38-37-25)29-35-24-8-4-7-22(26(24)36-29)18-11-13-31-14-12-18/h1-17H,(H,33,39)(H,35,36)(H,37,38). The van der Waals surface area contributed by atoms with E-state index in [4.69, 9.17) is 9.97 Å². The topological polar surface area (TPSA) is 125 Å². The highest BCUT2D eigenvalue weighted by Crippen LogP contribution is 2.31. The first-order valence-electron chi connectivity index (χ1n) is 12.3. The number of pyridine rings is 3. The number of para-hydroxylation sites is 1. The van der Waals surface area contributed by atoms with Crippen molar-refractivity contribution in [1.29, 1.82) is 0 Å². The summed E-state index contributed by atoms with van der Waals surface area (Å²) in [5.74, 6) is 0.413. The smallest absolute Gasteiger partial charge is 0.255 e. The van der Waals surface area contributed by atoms with E-state index in [9.17, 15) is 4.79 Å². The minimum atomic E-state index is -0.203. The van der Waals surface area contributed by atoms with Crippen LogP contribution in [0.2, 0.25) is 0 Å². The van der Waals surface area contributed by atoms with Crippen molar-refractivity contribution in [3.8, 4) is 33.9 Å². The fourth-order valence-electron chi connectivity index (χ4n) is 4.57. The molecule has 0 aliphatic carbocycles. The maximum atomic E-state index is 12.6. The van der Waals surface area contributed by atoms with E-state index in [0.717, 1.165) is 33.2 Å². The average Bonchev–Trinajstić information content (AvgIpc) is 3.62. The van der Waals surface area contributed by atoms with Crippen LogP contribution in [0.1, 0.15) is 10.4 Å². The van der Waals surface area contributed by atoms with Crippen molar-refractivity contribution < 1.29 is 4.79 Å². The third-order valence-electron chi connectivity index (χ3n) is 6.46. The summed E-state index contributed by atoms with van der Waals surface area (Å²) in [4.78, 5) is 34.2. The zero-order valence-electron chi connectivity index (χ0n) is 20.5. The number of aromatic amines is 2. The highest BCUT2D eigenvalue weighted by molar-refractivity contribution is 6.04. The molecule has 7 aromatic rings. The number of carbonyl (C=O) groups is 1. The van der Waals surface area contributed by atoms with Gasteiger partial charge in [-0.3, -0.25) is 19.9 Å². The molecule has 0 fully saturated rings. The molecular formula is C30H20N8O. The SMILES string of the molecule is O=C(Nc1cncc(-c2ccc3[nH]nc(-c4nc5c(-c6ccncc6)cccc5[nH]4)c3n2)c1)c1ccccc1. The molecule has 7 rings (SSSR count). The number of fused-ring (bicyclic) bond motifs is 2. The van der Waals surface area contributed by atoms with Gasteiger partial charge in [-0.1, -0.05) is 30.3 Å². The molecule has 5 aromatic heterocycles. The Kier molecular flexibility index (Phi) is 5.37. The minimum absolute atomic E-state index is 0.203. The van der Waals surface area contributed by atoms with Crippen LogP contribution in [0.5, 0.6) is 0 Å². The van der Waals surface area contributed by atoms with E-state index in [-0.39, 0.29) is 5.91 Å². The lowest BCUT2D eigenvalue weighted by atomic mass is 10.1. The second-order valence-corrected chi connectivity index (χ2v) is 8.97. The van der Waals surface area contributed by atoms with E-state index >= 15 is 0 Å². The molecule has 0 aliphatic rings. The Bertz CT molecular complexity index is 1960. The number of benzene rings is 2. The molecule has 39 heavy (non-hydrogen) atoms. The molecule has 5 heterocycles. The second-order valence-electron chi connectivity index (χ2n) is 8.97. The van der Waals surface area contributed by atoms with Gasteiger partial charge in [0, 0.05) is 35.3 Å². The molecule has 0 radical (unpaired) electrons. The molecule has 0 aliphatic heterocycles. The van der Waals surface area contributed by atoms with Crippen molar-refractivity contribution in [2.75, 3.05) is 5.32 Å². The Labute approximate surface area is 222 Å². The van der Waals surface area contributed by atoms with Gasteiger partial charge < -0.3 is 10.3 Å². The van der Waals surface area contributed by atoms with Crippen molar-refractivity contribution in [3.05, 3.63) is 109 Å². The van der Waals surface area contributed by atoms with E-state index in [1.165, 1.54) is 0 Å². The molecule has 3 N–H and O–H groups in total. The number of hydrogen-bond acceptors (Lipinski definition) is 6. The van der Waals surface area contributed by atoms with Gasteiger partial charge in [0.1, 0.15) is 5.52 Å². The summed E-state index contributed by atoms with van der Waals surface area (Å²) in [5, 5.41) is 10.5. The van der Waals surface area contributed by atoms with Gasteiger partial charge in [0.15, 0.2) is 11.5 Å². The van der Waals surface area contributed by atoms with E-state index in [1.807, 2.05) is 66.7 Å². The van der Waals surface area contributed by atoms with Crippen LogP contribution in [0.4, 0.5) is 5.69 Å². The lowest BCUT2D eigenvalue weighted by Crippen LogP contribution is -2.11. The Morgan fingerprint density at radius 2 is 1.62 bits per heavy atom. The zero-order chi connectivity index (χ0) is 26.2. The van der Waals surface area contributed by atoms with Crippen molar-refractivity contribution in [3.63, 3.8) is 0 Å². The fraction of sp³-hybridized carbons (Fsp3) is 0. The normalized spacial score (nSPS) is 11.2. The number of amides is 1. The van der Waals surface area contributed by atoms with Gasteiger partial charge in [-0.15, -0.1) is 0 Å². The average molecular weight is 509 g/mol. The van der Waals surface area contributed by atoms with Crippen LogP contribution >= 0.6 is 0 Å². The molecular weight excluding hydrogens is 488 g/mol. The number of rotatable bonds is 5. The third-order valence-corrected chi connectivity index (χ3v) is 6.46. The molecule has 0 spiro atoms. The predicted molar refractivity (Wildman–Crippen MR) is 150 cm³/mol. The van der Waals surface area contributed by atoms with Crippen LogP contribution in [0.3, 0.4) is 0 Å². The highest BCUT2D eigenvalue weighted by Gasteiger charge is 2.17. The van der Waals surface area contributed by atoms with Crippen LogP contribution < -0.4 is 5.32 Å². The van der Waals surface area contributed by atoms with E-state index in [0.29, 0.717) is 34.0 Å². The molecule has 0 saturated heterocycles. The van der Waals surface area contributed by atoms with E-state index in [1.54, 1.807) is 36.9 Å². The van der Waals surface area contributed by atoms with Crippen LogP contribution in [0.25, 0.3) is 56.0 Å². The Morgan fingerprint density at radius 1 is 0.744 bits per heavy atom. The molecule has 2 aromatic carbocycles. The van der Waals surface area contributed by atoms with Gasteiger partial charge in [0.2, 0.25) is 0 Å². The minimum Gasteiger partial charge on any atom is -0.336 e. The zero-order valence-corrected chi connectivity index (χ0v) is 20.5. The fourth-order valence-corrected chi connectivity index (χ4v) is 4.57. The first-order valence-corrected chi connectivity index (χ1v) is 12.3. The van der Waals surface area contributed by atoms with Crippen molar-refractivity contribution in [2.24, 2.45) is 0 Å².